The van der Waals surface area contributed by atoms with Crippen LogP contribution in [0, 0.1) is 6.92 Å². The van der Waals surface area contributed by atoms with Crippen LogP contribution in [0.15, 0.2) is 24.3 Å². The standard InChI is InChI=1S/C16H19N3O2S/c1-10-3-5-12(6-4-10)11(2)17-15(20)19-16-18-13-7-8-21-9-14(13)22-16/h3-6,11H,7-9H2,1-2H3,(H2,17,18,19,20). The van der Waals surface area contributed by atoms with E-state index in [1.54, 1.807) is 0 Å². The fraction of sp³-hybridized carbons (Fsp3) is 0.375. The van der Waals surface area contributed by atoms with Gasteiger partial charge in [-0.15, -0.1) is 0 Å². The number of ether oxygens (including phenoxy) is 1. The third-order valence-corrected chi connectivity index (χ3v) is 4.63. The van der Waals surface area contributed by atoms with Crippen molar-refractivity contribution >= 4 is 22.5 Å². The highest BCUT2D eigenvalue weighted by Crippen LogP contribution is 2.27. The van der Waals surface area contributed by atoms with Gasteiger partial charge in [-0.1, -0.05) is 41.2 Å². The largest absolute Gasteiger partial charge is 0.375 e. The Morgan fingerprint density at radius 1 is 1.36 bits per heavy atom. The van der Waals surface area contributed by atoms with Crippen molar-refractivity contribution in [3.05, 3.63) is 46.0 Å². The van der Waals surface area contributed by atoms with Crippen molar-refractivity contribution in [3.8, 4) is 0 Å². The van der Waals surface area contributed by atoms with Crippen LogP contribution in [0.4, 0.5) is 9.93 Å². The number of aromatic nitrogens is 1. The Morgan fingerprint density at radius 2 is 2.14 bits per heavy atom. The van der Waals surface area contributed by atoms with Gasteiger partial charge in [-0.05, 0) is 19.4 Å². The highest BCUT2D eigenvalue weighted by molar-refractivity contribution is 7.15. The number of carbonyl (C=O) groups is 1. The zero-order valence-corrected chi connectivity index (χ0v) is 13.5. The molecule has 0 saturated heterocycles. The fourth-order valence-electron chi connectivity index (χ4n) is 2.35. The van der Waals surface area contributed by atoms with Crippen LogP contribution in [-0.4, -0.2) is 17.6 Å². The van der Waals surface area contributed by atoms with Crippen molar-refractivity contribution in [3.63, 3.8) is 0 Å². The molecule has 1 atom stereocenters. The van der Waals surface area contributed by atoms with Gasteiger partial charge in [0.05, 0.1) is 29.8 Å². The van der Waals surface area contributed by atoms with Crippen molar-refractivity contribution in [2.45, 2.75) is 32.9 Å². The number of nitrogens with one attached hydrogen (secondary N) is 2. The number of benzene rings is 1. The van der Waals surface area contributed by atoms with Crippen molar-refractivity contribution in [2.75, 3.05) is 11.9 Å². The molecule has 1 aliphatic rings. The quantitative estimate of drug-likeness (QED) is 0.912. The van der Waals surface area contributed by atoms with Gasteiger partial charge < -0.3 is 10.1 Å². The van der Waals surface area contributed by atoms with Crippen LogP contribution >= 0.6 is 11.3 Å². The number of amides is 2. The minimum atomic E-state index is -0.236. The van der Waals surface area contributed by atoms with E-state index in [9.17, 15) is 4.79 Å². The molecule has 1 unspecified atom stereocenters. The number of hydrogen-bond donors (Lipinski definition) is 2. The molecule has 2 N–H and O–H groups in total. The van der Waals surface area contributed by atoms with E-state index >= 15 is 0 Å². The zero-order chi connectivity index (χ0) is 15.5. The normalized spacial score (nSPS) is 15.0. The van der Waals surface area contributed by atoms with Crippen LogP contribution in [-0.2, 0) is 17.8 Å². The maximum atomic E-state index is 12.1. The number of rotatable bonds is 3. The van der Waals surface area contributed by atoms with Crippen molar-refractivity contribution < 1.29 is 9.53 Å². The van der Waals surface area contributed by atoms with E-state index in [1.807, 2.05) is 38.1 Å². The second kappa shape index (κ2) is 6.46. The van der Waals surface area contributed by atoms with Crippen molar-refractivity contribution in [1.29, 1.82) is 0 Å². The average molecular weight is 317 g/mol. The van der Waals surface area contributed by atoms with E-state index in [1.165, 1.54) is 16.9 Å². The summed E-state index contributed by atoms with van der Waals surface area (Å²) in [5.74, 6) is 0. The lowest BCUT2D eigenvalue weighted by Gasteiger charge is -2.14. The lowest BCUT2D eigenvalue weighted by Crippen LogP contribution is -2.31. The second-order valence-electron chi connectivity index (χ2n) is 5.42. The number of urea groups is 1. The molecule has 2 aromatic rings. The SMILES string of the molecule is Cc1ccc(C(C)NC(=O)Nc2nc3c(s2)COCC3)cc1. The molecular weight excluding hydrogens is 298 g/mol. The molecule has 1 aliphatic heterocycles. The minimum absolute atomic E-state index is 0.0569. The molecule has 0 saturated carbocycles. The Balaban J connectivity index is 1.60. The topological polar surface area (TPSA) is 63.2 Å². The lowest BCUT2D eigenvalue weighted by atomic mass is 10.1. The predicted molar refractivity (Wildman–Crippen MR) is 87.2 cm³/mol. The first-order valence-electron chi connectivity index (χ1n) is 7.32. The van der Waals surface area contributed by atoms with E-state index in [2.05, 4.69) is 15.6 Å². The van der Waals surface area contributed by atoms with E-state index in [-0.39, 0.29) is 12.1 Å². The van der Waals surface area contributed by atoms with Gasteiger partial charge in [-0.25, -0.2) is 9.78 Å². The number of hydrogen-bond acceptors (Lipinski definition) is 4. The van der Waals surface area contributed by atoms with Crippen LogP contribution in [0.5, 0.6) is 0 Å². The number of fused-ring (bicyclic) bond motifs is 1. The molecular formula is C16H19N3O2S. The molecule has 2 amide bonds. The average Bonchev–Trinajstić information content (AvgIpc) is 2.89. The van der Waals surface area contributed by atoms with Crippen LogP contribution in [0.25, 0.3) is 0 Å². The third-order valence-electron chi connectivity index (χ3n) is 3.64. The molecule has 116 valence electrons. The number of nitrogens with zero attached hydrogens (tertiary/aromatic N) is 1. The Kier molecular flexibility index (Phi) is 4.40. The molecule has 0 aliphatic carbocycles. The monoisotopic (exact) mass is 317 g/mol. The smallest absolute Gasteiger partial charge is 0.321 e. The summed E-state index contributed by atoms with van der Waals surface area (Å²) < 4.78 is 5.39. The van der Waals surface area contributed by atoms with E-state index in [4.69, 9.17) is 4.74 Å². The Labute approximate surface area is 133 Å². The summed E-state index contributed by atoms with van der Waals surface area (Å²) in [6, 6.07) is 7.85. The van der Waals surface area contributed by atoms with Gasteiger partial charge in [0.15, 0.2) is 5.13 Å². The summed E-state index contributed by atoms with van der Waals surface area (Å²) in [7, 11) is 0. The molecule has 0 fully saturated rings. The van der Waals surface area contributed by atoms with E-state index < -0.39 is 0 Å². The molecule has 22 heavy (non-hydrogen) atoms. The second-order valence-corrected chi connectivity index (χ2v) is 6.51. The summed E-state index contributed by atoms with van der Waals surface area (Å²) >= 11 is 1.48. The number of anilines is 1. The van der Waals surface area contributed by atoms with E-state index in [0.29, 0.717) is 18.3 Å². The maximum absolute atomic E-state index is 12.1. The summed E-state index contributed by atoms with van der Waals surface area (Å²) in [4.78, 5) is 17.6. The molecule has 5 nitrogen and oxygen atoms in total. The Hall–Kier alpha value is -1.92. The molecule has 6 heteroatoms. The van der Waals surface area contributed by atoms with Crippen molar-refractivity contribution in [2.24, 2.45) is 0 Å². The summed E-state index contributed by atoms with van der Waals surface area (Å²) in [6.07, 6.45) is 0.814. The molecule has 1 aromatic heterocycles. The van der Waals surface area contributed by atoms with Gasteiger partial charge in [0, 0.05) is 6.42 Å². The van der Waals surface area contributed by atoms with Gasteiger partial charge in [-0.3, -0.25) is 5.32 Å². The summed E-state index contributed by atoms with van der Waals surface area (Å²) in [6.45, 7) is 5.30. The molecule has 0 spiro atoms. The van der Waals surface area contributed by atoms with Gasteiger partial charge in [-0.2, -0.15) is 0 Å². The van der Waals surface area contributed by atoms with Gasteiger partial charge >= 0.3 is 6.03 Å². The molecule has 0 bridgehead atoms. The van der Waals surface area contributed by atoms with Crippen LogP contribution in [0.2, 0.25) is 0 Å². The highest BCUT2D eigenvalue weighted by Gasteiger charge is 2.17. The number of carbonyl (C=O) groups excluding carboxylic acids is 1. The van der Waals surface area contributed by atoms with Gasteiger partial charge in [0.2, 0.25) is 0 Å². The van der Waals surface area contributed by atoms with Crippen LogP contribution < -0.4 is 10.6 Å². The first-order valence-corrected chi connectivity index (χ1v) is 8.14. The summed E-state index contributed by atoms with van der Waals surface area (Å²) in [5, 5.41) is 6.37. The first-order chi connectivity index (χ1) is 10.6. The third kappa shape index (κ3) is 3.45. The molecule has 0 radical (unpaired) electrons. The molecule has 2 heterocycles. The van der Waals surface area contributed by atoms with Crippen molar-refractivity contribution in [1.82, 2.24) is 10.3 Å². The van der Waals surface area contributed by atoms with Crippen LogP contribution in [0.1, 0.15) is 34.7 Å². The maximum Gasteiger partial charge on any atom is 0.321 e. The van der Waals surface area contributed by atoms with Crippen LogP contribution in [0.3, 0.4) is 0 Å². The number of thiazole rings is 1. The molecule has 1 aromatic carbocycles. The highest BCUT2D eigenvalue weighted by atomic mass is 32.1. The predicted octanol–water partition coefficient (Wildman–Crippen LogP) is 3.41. The first kappa shape index (κ1) is 15.0. The number of aryl methyl sites for hydroxylation is 1. The minimum Gasteiger partial charge on any atom is -0.375 e. The Morgan fingerprint density at radius 3 is 2.86 bits per heavy atom. The van der Waals surface area contributed by atoms with E-state index in [0.717, 1.165) is 22.6 Å². The van der Waals surface area contributed by atoms with Gasteiger partial charge in [0.25, 0.3) is 0 Å². The Bertz CT molecular complexity index is 643. The molecule has 3 rings (SSSR count). The zero-order valence-electron chi connectivity index (χ0n) is 12.7. The summed E-state index contributed by atoms with van der Waals surface area (Å²) in [5.41, 5.74) is 3.32. The fourth-order valence-corrected chi connectivity index (χ4v) is 3.29. The van der Waals surface area contributed by atoms with Gasteiger partial charge in [0.1, 0.15) is 0 Å². The lowest BCUT2D eigenvalue weighted by molar-refractivity contribution is 0.112.